The third kappa shape index (κ3) is 4.68. The third-order valence-corrected chi connectivity index (χ3v) is 6.09. The number of nitrogens with zero attached hydrogens (tertiary/aromatic N) is 5. The summed E-state index contributed by atoms with van der Waals surface area (Å²) in [5.41, 5.74) is 3.85. The normalized spacial score (nSPS) is 12.1. The Balaban J connectivity index is 1.45. The van der Waals surface area contributed by atoms with Gasteiger partial charge in [-0.1, -0.05) is 28.6 Å². The quantitative estimate of drug-likeness (QED) is 0.306. The summed E-state index contributed by atoms with van der Waals surface area (Å²) in [6.07, 6.45) is 0. The van der Waals surface area contributed by atoms with E-state index in [4.69, 9.17) is 21.1 Å². The first-order valence-corrected chi connectivity index (χ1v) is 11.7. The molecule has 0 fully saturated rings. The highest BCUT2D eigenvalue weighted by molar-refractivity contribution is 7.98. The fraction of sp³-hybridized carbons (Fsp3) is 0.174. The molecule has 0 unspecified atom stereocenters. The number of aryl methyl sites for hydroxylation is 2. The first-order valence-electron chi connectivity index (χ1n) is 10.3. The molecule has 5 rings (SSSR count). The standard InChI is InChI=1S/C23H19ClN6O3S/c1-13-9-14(2)26-23(25-13)34-11-18-21(28-29-30(18)17-6-3-15(24)4-7-17)22(31)27-16-5-8-19-20(10-16)33-12-32-19/h3-10H,11-12H2,1-2H3,(H,27,31). The van der Waals surface area contributed by atoms with Crippen molar-refractivity contribution in [3.63, 3.8) is 0 Å². The molecule has 4 aromatic rings. The highest BCUT2D eigenvalue weighted by Gasteiger charge is 2.23. The Morgan fingerprint density at radius 2 is 1.79 bits per heavy atom. The van der Waals surface area contributed by atoms with Gasteiger partial charge in [-0.2, -0.15) is 0 Å². The predicted molar refractivity (Wildman–Crippen MR) is 128 cm³/mol. The summed E-state index contributed by atoms with van der Waals surface area (Å²) in [4.78, 5) is 22.2. The predicted octanol–water partition coefficient (Wildman–Crippen LogP) is 4.60. The molecule has 1 N–H and O–H groups in total. The molecule has 0 spiro atoms. The Bertz CT molecular complexity index is 1360. The van der Waals surface area contributed by atoms with Crippen LogP contribution in [0.15, 0.2) is 53.7 Å². The lowest BCUT2D eigenvalue weighted by molar-refractivity contribution is 0.102. The van der Waals surface area contributed by atoms with Crippen LogP contribution in [0.1, 0.15) is 27.6 Å². The van der Waals surface area contributed by atoms with E-state index in [1.54, 1.807) is 35.0 Å². The van der Waals surface area contributed by atoms with Gasteiger partial charge in [-0.05, 0) is 56.3 Å². The number of carbonyl (C=O) groups excluding carboxylic acids is 1. The van der Waals surface area contributed by atoms with Crippen molar-refractivity contribution in [2.75, 3.05) is 12.1 Å². The Kier molecular flexibility index (Phi) is 6.08. The minimum absolute atomic E-state index is 0.157. The van der Waals surface area contributed by atoms with E-state index < -0.39 is 5.91 Å². The molecule has 2 aromatic heterocycles. The number of nitrogens with one attached hydrogen (secondary N) is 1. The number of halogens is 1. The minimum atomic E-state index is -0.393. The van der Waals surface area contributed by atoms with Crippen LogP contribution in [0.5, 0.6) is 11.5 Å². The van der Waals surface area contributed by atoms with Crippen molar-refractivity contribution in [2.24, 2.45) is 0 Å². The maximum absolute atomic E-state index is 13.2. The van der Waals surface area contributed by atoms with Crippen molar-refractivity contribution in [1.82, 2.24) is 25.0 Å². The van der Waals surface area contributed by atoms with Gasteiger partial charge < -0.3 is 14.8 Å². The van der Waals surface area contributed by atoms with Gasteiger partial charge in [-0.3, -0.25) is 4.79 Å². The van der Waals surface area contributed by atoms with Crippen LogP contribution in [0.4, 0.5) is 5.69 Å². The largest absolute Gasteiger partial charge is 0.454 e. The third-order valence-electron chi connectivity index (χ3n) is 4.98. The lowest BCUT2D eigenvalue weighted by atomic mass is 10.2. The van der Waals surface area contributed by atoms with Crippen molar-refractivity contribution in [3.05, 3.63) is 76.3 Å². The average molecular weight is 495 g/mol. The van der Waals surface area contributed by atoms with Gasteiger partial charge in [0.05, 0.1) is 11.4 Å². The van der Waals surface area contributed by atoms with Crippen molar-refractivity contribution in [3.8, 4) is 17.2 Å². The number of ether oxygens (including phenoxy) is 2. The molecule has 1 aliphatic rings. The van der Waals surface area contributed by atoms with Crippen molar-refractivity contribution < 1.29 is 14.3 Å². The molecule has 1 aliphatic heterocycles. The number of amides is 1. The molecule has 0 saturated heterocycles. The van der Waals surface area contributed by atoms with Crippen molar-refractivity contribution in [2.45, 2.75) is 24.8 Å². The fourth-order valence-corrected chi connectivity index (χ4v) is 4.52. The van der Waals surface area contributed by atoms with Crippen LogP contribution in [0.3, 0.4) is 0 Å². The van der Waals surface area contributed by atoms with E-state index in [1.165, 1.54) is 11.8 Å². The van der Waals surface area contributed by atoms with Crippen LogP contribution in [-0.2, 0) is 5.75 Å². The molecule has 3 heterocycles. The highest BCUT2D eigenvalue weighted by atomic mass is 35.5. The molecule has 0 bridgehead atoms. The van der Waals surface area contributed by atoms with Gasteiger partial charge >= 0.3 is 0 Å². The smallest absolute Gasteiger partial charge is 0.278 e. The summed E-state index contributed by atoms with van der Waals surface area (Å²) in [6, 6.07) is 14.3. The molecular weight excluding hydrogens is 476 g/mol. The molecule has 1 amide bonds. The summed E-state index contributed by atoms with van der Waals surface area (Å²) < 4.78 is 12.3. The van der Waals surface area contributed by atoms with Crippen LogP contribution in [0.25, 0.3) is 5.69 Å². The molecule has 9 nitrogen and oxygen atoms in total. The second kappa shape index (κ2) is 9.32. The summed E-state index contributed by atoms with van der Waals surface area (Å²) in [5, 5.41) is 12.5. The maximum Gasteiger partial charge on any atom is 0.278 e. The van der Waals surface area contributed by atoms with E-state index in [-0.39, 0.29) is 12.5 Å². The molecule has 0 aliphatic carbocycles. The van der Waals surface area contributed by atoms with Gasteiger partial charge in [-0.25, -0.2) is 14.6 Å². The summed E-state index contributed by atoms with van der Waals surface area (Å²) in [7, 11) is 0. The lowest BCUT2D eigenvalue weighted by Gasteiger charge is -2.09. The Labute approximate surface area is 204 Å². The Morgan fingerprint density at radius 3 is 2.56 bits per heavy atom. The second-order valence-electron chi connectivity index (χ2n) is 7.52. The molecule has 172 valence electrons. The number of aromatic nitrogens is 5. The molecule has 2 aromatic carbocycles. The number of fused-ring (bicyclic) bond motifs is 1. The molecule has 11 heteroatoms. The van der Waals surface area contributed by atoms with E-state index in [9.17, 15) is 4.79 Å². The second-order valence-corrected chi connectivity index (χ2v) is 8.90. The van der Waals surface area contributed by atoms with Crippen LogP contribution < -0.4 is 14.8 Å². The van der Waals surface area contributed by atoms with Crippen molar-refractivity contribution >= 4 is 35.0 Å². The van der Waals surface area contributed by atoms with Gasteiger partial charge in [0.15, 0.2) is 22.3 Å². The molecule has 0 atom stereocenters. The number of anilines is 1. The molecule has 0 saturated carbocycles. The van der Waals surface area contributed by atoms with E-state index in [0.29, 0.717) is 38.8 Å². The highest BCUT2D eigenvalue weighted by Crippen LogP contribution is 2.34. The summed E-state index contributed by atoms with van der Waals surface area (Å²) >= 11 is 7.45. The van der Waals surface area contributed by atoms with Crippen LogP contribution in [0.2, 0.25) is 5.02 Å². The zero-order valence-corrected chi connectivity index (χ0v) is 19.9. The van der Waals surface area contributed by atoms with Crippen LogP contribution in [0, 0.1) is 13.8 Å². The van der Waals surface area contributed by atoms with Crippen LogP contribution in [-0.4, -0.2) is 37.7 Å². The molecule has 34 heavy (non-hydrogen) atoms. The first kappa shape index (κ1) is 22.2. The average Bonchev–Trinajstić information content (AvgIpc) is 3.44. The zero-order valence-electron chi connectivity index (χ0n) is 18.3. The molecular formula is C23H19ClN6O3S. The topological polar surface area (TPSA) is 104 Å². The van der Waals surface area contributed by atoms with E-state index in [2.05, 4.69) is 25.6 Å². The SMILES string of the molecule is Cc1cc(C)nc(SCc2c(C(=O)Nc3ccc4c(c3)OCO4)nnn2-c2ccc(Cl)cc2)n1. The first-order chi connectivity index (χ1) is 16.5. The van der Waals surface area contributed by atoms with E-state index >= 15 is 0 Å². The monoisotopic (exact) mass is 494 g/mol. The number of hydrogen-bond donors (Lipinski definition) is 1. The van der Waals surface area contributed by atoms with Crippen molar-refractivity contribution in [1.29, 1.82) is 0 Å². The number of hydrogen-bond acceptors (Lipinski definition) is 8. The summed E-state index contributed by atoms with van der Waals surface area (Å²) in [6.45, 7) is 4.00. The van der Waals surface area contributed by atoms with Gasteiger partial charge in [0.1, 0.15) is 0 Å². The number of benzene rings is 2. The van der Waals surface area contributed by atoms with Gasteiger partial charge in [0.2, 0.25) is 6.79 Å². The van der Waals surface area contributed by atoms with Gasteiger partial charge in [0.25, 0.3) is 5.91 Å². The van der Waals surface area contributed by atoms with Gasteiger partial charge in [-0.15, -0.1) is 5.10 Å². The minimum Gasteiger partial charge on any atom is -0.454 e. The van der Waals surface area contributed by atoms with Gasteiger partial charge in [0, 0.05) is 33.9 Å². The number of carbonyl (C=O) groups is 1. The fourth-order valence-electron chi connectivity index (χ4n) is 3.45. The Hall–Kier alpha value is -3.63. The lowest BCUT2D eigenvalue weighted by Crippen LogP contribution is -2.15. The number of thioether (sulfide) groups is 1. The zero-order chi connectivity index (χ0) is 23.7. The Morgan fingerprint density at radius 1 is 1.06 bits per heavy atom. The number of rotatable bonds is 6. The van der Waals surface area contributed by atoms with Crippen LogP contribution >= 0.6 is 23.4 Å². The summed E-state index contributed by atoms with van der Waals surface area (Å²) in [5.74, 6) is 1.20. The van der Waals surface area contributed by atoms with E-state index in [0.717, 1.165) is 17.1 Å². The van der Waals surface area contributed by atoms with E-state index in [1.807, 2.05) is 32.0 Å². The maximum atomic E-state index is 13.2. The molecule has 0 radical (unpaired) electrons.